The van der Waals surface area contributed by atoms with E-state index in [0.29, 0.717) is 22.6 Å². The van der Waals surface area contributed by atoms with Crippen molar-refractivity contribution in [2.75, 3.05) is 0 Å². The molecular formula is C14H11BrIN3O3. The van der Waals surface area contributed by atoms with Crippen molar-refractivity contribution in [2.24, 2.45) is 7.05 Å². The number of nitro groups is 1. The molecule has 0 N–H and O–H groups in total. The lowest BCUT2D eigenvalue weighted by molar-refractivity contribution is -0.671. The molecule has 6 nitrogen and oxygen atoms in total. The van der Waals surface area contributed by atoms with Crippen LogP contribution in [0, 0.1) is 17.0 Å². The summed E-state index contributed by atoms with van der Waals surface area (Å²) in [5.41, 5.74) is 2.56. The molecule has 0 saturated heterocycles. The van der Waals surface area contributed by atoms with Gasteiger partial charge in [0, 0.05) is 17.7 Å². The Kier molecular flexibility index (Phi) is 4.81. The highest BCUT2D eigenvalue weighted by Crippen LogP contribution is 2.29. The van der Waals surface area contributed by atoms with E-state index in [4.69, 9.17) is 4.42 Å². The van der Waals surface area contributed by atoms with Crippen LogP contribution in [-0.2, 0) is 7.05 Å². The molecule has 0 spiro atoms. The van der Waals surface area contributed by atoms with Crippen molar-refractivity contribution in [3.8, 4) is 11.5 Å². The van der Waals surface area contributed by atoms with Crippen molar-refractivity contribution in [2.45, 2.75) is 6.92 Å². The largest absolute Gasteiger partial charge is 1.00 e. The van der Waals surface area contributed by atoms with Gasteiger partial charge in [0.05, 0.1) is 9.40 Å². The number of oxazole rings is 1. The van der Waals surface area contributed by atoms with Crippen molar-refractivity contribution < 1.29 is 37.9 Å². The van der Waals surface area contributed by atoms with Gasteiger partial charge in [0.2, 0.25) is 5.89 Å². The fourth-order valence-corrected chi connectivity index (χ4v) is 2.77. The van der Waals surface area contributed by atoms with E-state index >= 15 is 0 Å². The van der Waals surface area contributed by atoms with Gasteiger partial charge in [0.25, 0.3) is 5.69 Å². The van der Waals surface area contributed by atoms with Gasteiger partial charge in [-0.2, -0.15) is 0 Å². The summed E-state index contributed by atoms with van der Waals surface area (Å²) < 4.78 is 8.54. The zero-order valence-electron chi connectivity index (χ0n) is 11.7. The molecule has 0 bridgehead atoms. The van der Waals surface area contributed by atoms with Gasteiger partial charge in [0.15, 0.2) is 18.0 Å². The molecule has 3 rings (SSSR count). The first-order valence-electron chi connectivity index (χ1n) is 6.16. The highest BCUT2D eigenvalue weighted by atomic mass is 127. The van der Waals surface area contributed by atoms with E-state index < -0.39 is 4.92 Å². The molecule has 0 amide bonds. The fraction of sp³-hybridized carbons (Fsp3) is 0.143. The minimum Gasteiger partial charge on any atom is -1.00 e. The fourth-order valence-electron chi connectivity index (χ4n) is 2.20. The second kappa shape index (κ2) is 6.29. The van der Waals surface area contributed by atoms with Crippen LogP contribution < -0.4 is 28.5 Å². The number of nitrogens with zero attached hydrogens (tertiary/aromatic N) is 3. The number of pyridine rings is 1. The second-order valence-electron chi connectivity index (χ2n) is 4.80. The molecule has 0 atom stereocenters. The van der Waals surface area contributed by atoms with Crippen molar-refractivity contribution in [3.05, 3.63) is 50.7 Å². The Morgan fingerprint density at radius 3 is 2.68 bits per heavy atom. The molecule has 0 aliphatic heterocycles. The van der Waals surface area contributed by atoms with Crippen LogP contribution in [-0.4, -0.2) is 9.91 Å². The summed E-state index contributed by atoms with van der Waals surface area (Å²) in [6, 6.07) is 4.79. The van der Waals surface area contributed by atoms with E-state index in [-0.39, 0.29) is 29.7 Å². The quantitative estimate of drug-likeness (QED) is 0.231. The van der Waals surface area contributed by atoms with Crippen LogP contribution in [0.2, 0.25) is 0 Å². The zero-order chi connectivity index (χ0) is 15.1. The molecule has 0 radical (unpaired) electrons. The molecule has 8 heteroatoms. The van der Waals surface area contributed by atoms with E-state index in [0.717, 1.165) is 10.0 Å². The monoisotopic (exact) mass is 475 g/mol. The van der Waals surface area contributed by atoms with Crippen LogP contribution >= 0.6 is 15.9 Å². The summed E-state index contributed by atoms with van der Waals surface area (Å²) in [6.07, 6.45) is 3.78. The number of benzene rings is 1. The summed E-state index contributed by atoms with van der Waals surface area (Å²) >= 11 is 3.42. The van der Waals surface area contributed by atoms with Crippen molar-refractivity contribution in [1.82, 2.24) is 4.98 Å². The minimum absolute atomic E-state index is 0. The number of hydrogen-bond donors (Lipinski definition) is 0. The first kappa shape index (κ1) is 16.8. The van der Waals surface area contributed by atoms with Gasteiger partial charge in [-0.05, 0) is 28.9 Å². The predicted molar refractivity (Wildman–Crippen MR) is 79.7 cm³/mol. The molecule has 22 heavy (non-hydrogen) atoms. The van der Waals surface area contributed by atoms with Crippen LogP contribution in [0.1, 0.15) is 5.56 Å². The average molecular weight is 476 g/mol. The van der Waals surface area contributed by atoms with Crippen LogP contribution in [0.15, 0.2) is 39.5 Å². The Balaban J connectivity index is 0.00000176. The highest BCUT2D eigenvalue weighted by Gasteiger charge is 2.17. The van der Waals surface area contributed by atoms with E-state index in [9.17, 15) is 10.1 Å². The number of hydrogen-bond acceptors (Lipinski definition) is 4. The van der Waals surface area contributed by atoms with Crippen molar-refractivity contribution in [3.63, 3.8) is 0 Å². The Labute approximate surface area is 151 Å². The molecule has 0 unspecified atom stereocenters. The molecule has 0 saturated carbocycles. The smallest absolute Gasteiger partial charge is 0.272 e. The van der Waals surface area contributed by atoms with Crippen LogP contribution in [0.3, 0.4) is 0 Å². The Hall–Kier alpha value is -1.55. The molecule has 2 heterocycles. The van der Waals surface area contributed by atoms with E-state index in [1.807, 2.05) is 30.1 Å². The normalized spacial score (nSPS) is 10.5. The first-order valence-corrected chi connectivity index (χ1v) is 6.95. The third-order valence-electron chi connectivity index (χ3n) is 3.08. The lowest BCUT2D eigenvalue weighted by atomic mass is 10.2. The maximum absolute atomic E-state index is 10.9. The number of fused-ring (bicyclic) bond motifs is 1. The number of nitro benzene ring substituents is 1. The second-order valence-corrected chi connectivity index (χ2v) is 5.71. The van der Waals surface area contributed by atoms with Crippen molar-refractivity contribution >= 4 is 32.7 Å². The van der Waals surface area contributed by atoms with Gasteiger partial charge in [-0.15, -0.1) is 0 Å². The number of aromatic nitrogens is 2. The summed E-state index contributed by atoms with van der Waals surface area (Å²) in [5.74, 6) is 0.436. The summed E-state index contributed by atoms with van der Waals surface area (Å²) in [6.45, 7) is 1.77. The molecule has 0 aliphatic rings. The minimum atomic E-state index is -0.431. The van der Waals surface area contributed by atoms with Gasteiger partial charge >= 0.3 is 0 Å². The van der Waals surface area contributed by atoms with Crippen molar-refractivity contribution in [1.29, 1.82) is 0 Å². The summed E-state index contributed by atoms with van der Waals surface area (Å²) in [4.78, 5) is 14.8. The summed E-state index contributed by atoms with van der Waals surface area (Å²) in [7, 11) is 1.90. The predicted octanol–water partition coefficient (Wildman–Crippen LogP) is 0.302. The van der Waals surface area contributed by atoms with E-state index in [1.54, 1.807) is 6.92 Å². The third-order valence-corrected chi connectivity index (χ3v) is 3.52. The lowest BCUT2D eigenvalue weighted by Gasteiger charge is -1.95. The van der Waals surface area contributed by atoms with Gasteiger partial charge in [-0.25, -0.2) is 9.55 Å². The number of aryl methyl sites for hydroxylation is 2. The van der Waals surface area contributed by atoms with Crippen LogP contribution in [0.25, 0.3) is 22.6 Å². The maximum atomic E-state index is 10.9. The molecule has 3 aromatic rings. The molecule has 1 aromatic carbocycles. The molecule has 2 aromatic heterocycles. The van der Waals surface area contributed by atoms with Gasteiger partial charge in [0.1, 0.15) is 18.1 Å². The Morgan fingerprint density at radius 1 is 1.32 bits per heavy atom. The molecule has 0 fully saturated rings. The van der Waals surface area contributed by atoms with E-state index in [2.05, 4.69) is 20.9 Å². The number of non-ortho nitro benzene ring substituents is 1. The van der Waals surface area contributed by atoms with E-state index in [1.165, 1.54) is 12.1 Å². The van der Waals surface area contributed by atoms with Gasteiger partial charge in [-0.1, -0.05) is 0 Å². The van der Waals surface area contributed by atoms with Gasteiger partial charge in [-0.3, -0.25) is 10.1 Å². The standard InChI is InChI=1S/C14H11BrN3O3.HI/c1-8-3-11(18(19)20)5-12-13(8)21-14(16-12)9-4-10(15)7-17(2)6-9;/h3-7H,1-2H3;1H/q+1;/p-1. The Morgan fingerprint density at radius 2 is 2.05 bits per heavy atom. The zero-order valence-corrected chi connectivity index (χ0v) is 15.5. The van der Waals surface area contributed by atoms with Crippen LogP contribution in [0.4, 0.5) is 5.69 Å². The van der Waals surface area contributed by atoms with Gasteiger partial charge < -0.3 is 28.4 Å². The molecule has 114 valence electrons. The average Bonchev–Trinajstić information content (AvgIpc) is 2.82. The maximum Gasteiger partial charge on any atom is 0.272 e. The number of halogens is 2. The lowest BCUT2D eigenvalue weighted by Crippen LogP contribution is -3.00. The third kappa shape index (κ3) is 3.12. The topological polar surface area (TPSA) is 73.1 Å². The SMILES string of the molecule is Cc1cc([N+](=O)[O-])cc2nc(-c3cc(Br)c[n+](C)c3)oc12.[I-]. The first-order chi connectivity index (χ1) is 9.94. The van der Waals surface area contributed by atoms with Crippen LogP contribution in [0.5, 0.6) is 0 Å². The number of rotatable bonds is 2. The molecule has 0 aliphatic carbocycles. The summed E-state index contributed by atoms with van der Waals surface area (Å²) in [5, 5.41) is 10.9. The molecular weight excluding hydrogens is 465 g/mol. The highest BCUT2D eigenvalue weighted by molar-refractivity contribution is 9.10. The Bertz CT molecular complexity index is 859.